The van der Waals surface area contributed by atoms with Crippen molar-refractivity contribution in [2.24, 2.45) is 4.99 Å². The quantitative estimate of drug-likeness (QED) is 0.426. The highest BCUT2D eigenvalue weighted by Crippen LogP contribution is 2.27. The number of hydrogen-bond acceptors (Lipinski definition) is 6. The van der Waals surface area contributed by atoms with E-state index in [0.29, 0.717) is 4.80 Å². The fraction of sp³-hybridized carbons (Fsp3) is 0.423. The number of amides is 1. The molecule has 0 bridgehead atoms. The number of nitrogens with zero attached hydrogens (tertiary/aromatic N) is 3. The molecule has 1 fully saturated rings. The number of benzene rings is 2. The second-order valence-corrected chi connectivity index (χ2v) is 12.0. The molecular formula is C26H31N3O5S2. The molecule has 0 saturated heterocycles. The van der Waals surface area contributed by atoms with Crippen molar-refractivity contribution in [2.75, 3.05) is 13.7 Å². The predicted octanol–water partition coefficient (Wildman–Crippen LogP) is 4.27. The van der Waals surface area contributed by atoms with E-state index in [1.54, 1.807) is 18.5 Å². The van der Waals surface area contributed by atoms with Crippen molar-refractivity contribution < 1.29 is 22.7 Å². The molecule has 1 heterocycles. The molecule has 4 rings (SSSR count). The number of ether oxygens (including phenoxy) is 1. The van der Waals surface area contributed by atoms with E-state index in [0.717, 1.165) is 47.9 Å². The Bertz CT molecular complexity index is 1430. The predicted molar refractivity (Wildman–Crippen MR) is 139 cm³/mol. The maximum Gasteiger partial charge on any atom is 0.326 e. The fourth-order valence-electron chi connectivity index (χ4n) is 4.60. The first-order valence-corrected chi connectivity index (χ1v) is 14.4. The third kappa shape index (κ3) is 5.45. The highest BCUT2D eigenvalue weighted by Gasteiger charge is 2.29. The molecule has 1 aliphatic rings. The number of esters is 1. The summed E-state index contributed by atoms with van der Waals surface area (Å²) in [7, 11) is -2.02. The van der Waals surface area contributed by atoms with Gasteiger partial charge < -0.3 is 9.30 Å². The molecule has 8 nitrogen and oxygen atoms in total. The van der Waals surface area contributed by atoms with Gasteiger partial charge >= 0.3 is 5.97 Å². The molecule has 0 aliphatic heterocycles. The van der Waals surface area contributed by atoms with Gasteiger partial charge in [0.2, 0.25) is 10.0 Å². The smallest absolute Gasteiger partial charge is 0.326 e. The van der Waals surface area contributed by atoms with Crippen LogP contribution in [0.15, 0.2) is 52.4 Å². The third-order valence-electron chi connectivity index (χ3n) is 6.56. The minimum absolute atomic E-state index is 0.00585. The summed E-state index contributed by atoms with van der Waals surface area (Å²) in [5, 5.41) is 0. The van der Waals surface area contributed by atoms with Gasteiger partial charge in [0.1, 0.15) is 6.54 Å². The lowest BCUT2D eigenvalue weighted by Gasteiger charge is -2.30. The maximum absolute atomic E-state index is 13.1. The van der Waals surface area contributed by atoms with Crippen molar-refractivity contribution in [3.05, 3.63) is 58.4 Å². The number of fused-ring (bicyclic) bond motifs is 1. The molecule has 0 atom stereocenters. The van der Waals surface area contributed by atoms with Crippen LogP contribution in [-0.4, -0.2) is 48.9 Å². The van der Waals surface area contributed by atoms with Crippen LogP contribution in [0, 0.1) is 6.92 Å². The monoisotopic (exact) mass is 529 g/mol. The van der Waals surface area contributed by atoms with Crippen molar-refractivity contribution in [3.63, 3.8) is 0 Å². The van der Waals surface area contributed by atoms with Crippen molar-refractivity contribution in [1.82, 2.24) is 8.87 Å². The van der Waals surface area contributed by atoms with Gasteiger partial charge in [0, 0.05) is 18.7 Å². The number of hydrogen-bond donors (Lipinski definition) is 0. The second-order valence-electron chi connectivity index (χ2n) is 8.95. The highest BCUT2D eigenvalue weighted by atomic mass is 32.2. The summed E-state index contributed by atoms with van der Waals surface area (Å²) in [6.07, 6.45) is 4.95. The molecule has 1 aromatic heterocycles. The minimum Gasteiger partial charge on any atom is -0.465 e. The van der Waals surface area contributed by atoms with Crippen LogP contribution in [-0.2, 0) is 26.1 Å². The van der Waals surface area contributed by atoms with E-state index in [2.05, 4.69) is 4.99 Å². The fourth-order valence-corrected chi connectivity index (χ4v) is 7.12. The summed E-state index contributed by atoms with van der Waals surface area (Å²) in [6, 6.07) is 11.7. The number of para-hydroxylation sites is 1. The molecule has 192 valence electrons. The maximum atomic E-state index is 13.1. The Morgan fingerprint density at radius 1 is 1.11 bits per heavy atom. The SMILES string of the molecule is CCOC(=O)Cn1c(=NC(=O)c2ccc(S(=O)(=O)N(C)C3CCCCC3)cc2)sc2cccc(C)c21. The van der Waals surface area contributed by atoms with Gasteiger partial charge in [-0.2, -0.15) is 9.30 Å². The van der Waals surface area contributed by atoms with Gasteiger partial charge in [-0.3, -0.25) is 9.59 Å². The van der Waals surface area contributed by atoms with Crippen molar-refractivity contribution in [2.45, 2.75) is 63.4 Å². The summed E-state index contributed by atoms with van der Waals surface area (Å²) in [5.41, 5.74) is 2.05. The van der Waals surface area contributed by atoms with Gasteiger partial charge in [0.05, 0.1) is 21.7 Å². The van der Waals surface area contributed by atoms with Gasteiger partial charge in [-0.25, -0.2) is 8.42 Å². The number of rotatable bonds is 7. The van der Waals surface area contributed by atoms with Gasteiger partial charge in [-0.1, -0.05) is 42.7 Å². The van der Waals surface area contributed by atoms with Crippen molar-refractivity contribution in [3.8, 4) is 0 Å². The summed E-state index contributed by atoms with van der Waals surface area (Å²) in [6.45, 7) is 3.88. The molecule has 0 spiro atoms. The van der Waals surface area contributed by atoms with Gasteiger partial charge in [-0.05, 0) is 62.6 Å². The molecule has 2 aromatic carbocycles. The standard InChI is InChI=1S/C26H31N3O5S2/c1-4-34-23(30)17-29-24-18(2)9-8-12-22(24)35-26(29)27-25(31)19-13-15-21(16-14-19)36(32,33)28(3)20-10-6-5-7-11-20/h8-9,12-16,20H,4-7,10-11,17H2,1-3H3. The summed E-state index contributed by atoms with van der Waals surface area (Å²) in [4.78, 5) is 30.1. The first kappa shape index (κ1) is 26.2. The molecule has 10 heteroatoms. The average molecular weight is 530 g/mol. The Kier molecular flexibility index (Phi) is 8.07. The molecule has 1 aliphatic carbocycles. The topological polar surface area (TPSA) is 98.0 Å². The van der Waals surface area contributed by atoms with E-state index < -0.39 is 21.9 Å². The molecule has 3 aromatic rings. The van der Waals surface area contributed by atoms with Gasteiger partial charge in [-0.15, -0.1) is 0 Å². The minimum atomic E-state index is -3.65. The van der Waals surface area contributed by atoms with Crippen LogP contribution in [0.5, 0.6) is 0 Å². The van der Waals surface area contributed by atoms with E-state index in [1.165, 1.54) is 39.9 Å². The third-order valence-corrected chi connectivity index (χ3v) is 9.53. The number of carbonyl (C=O) groups is 2. The summed E-state index contributed by atoms with van der Waals surface area (Å²) < 4.78 is 35.4. The van der Waals surface area contributed by atoms with Crippen LogP contribution < -0.4 is 4.80 Å². The Morgan fingerprint density at radius 3 is 2.47 bits per heavy atom. The molecule has 0 radical (unpaired) electrons. The zero-order valence-corrected chi connectivity index (χ0v) is 22.4. The van der Waals surface area contributed by atoms with Gasteiger partial charge in [0.15, 0.2) is 4.80 Å². The first-order chi connectivity index (χ1) is 17.2. The average Bonchev–Trinajstić information content (AvgIpc) is 3.22. The second kappa shape index (κ2) is 11.1. The first-order valence-electron chi connectivity index (χ1n) is 12.1. The lowest BCUT2D eigenvalue weighted by molar-refractivity contribution is -0.143. The van der Waals surface area contributed by atoms with Crippen LogP contribution in [0.2, 0.25) is 0 Å². The van der Waals surface area contributed by atoms with Crippen LogP contribution in [0.1, 0.15) is 54.9 Å². The summed E-state index contributed by atoms with van der Waals surface area (Å²) >= 11 is 1.31. The van der Waals surface area contributed by atoms with Crippen molar-refractivity contribution >= 4 is 43.5 Å². The van der Waals surface area contributed by atoms with Crippen LogP contribution in [0.3, 0.4) is 0 Å². The van der Waals surface area contributed by atoms with Crippen molar-refractivity contribution in [1.29, 1.82) is 0 Å². The Labute approximate surface area is 215 Å². The van der Waals surface area contributed by atoms with Crippen LogP contribution >= 0.6 is 11.3 Å². The number of thiazole rings is 1. The van der Waals surface area contributed by atoms with E-state index >= 15 is 0 Å². The van der Waals surface area contributed by atoms with E-state index in [1.807, 2.05) is 25.1 Å². The highest BCUT2D eigenvalue weighted by molar-refractivity contribution is 7.89. The number of aryl methyl sites for hydroxylation is 1. The lowest BCUT2D eigenvalue weighted by Crippen LogP contribution is -2.38. The Morgan fingerprint density at radius 2 is 1.81 bits per heavy atom. The zero-order valence-electron chi connectivity index (χ0n) is 20.8. The van der Waals surface area contributed by atoms with E-state index in [-0.39, 0.29) is 29.7 Å². The molecular weight excluding hydrogens is 498 g/mol. The molecule has 1 saturated carbocycles. The zero-order chi connectivity index (χ0) is 25.9. The molecule has 1 amide bonds. The molecule has 36 heavy (non-hydrogen) atoms. The normalized spacial score (nSPS) is 15.5. The number of sulfonamides is 1. The Balaban J connectivity index is 1.64. The van der Waals surface area contributed by atoms with Crippen LogP contribution in [0.4, 0.5) is 0 Å². The summed E-state index contributed by atoms with van der Waals surface area (Å²) in [5.74, 6) is -0.924. The number of aromatic nitrogens is 1. The molecule has 0 N–H and O–H groups in total. The van der Waals surface area contributed by atoms with Crippen LogP contribution in [0.25, 0.3) is 10.2 Å². The number of carbonyl (C=O) groups excluding carboxylic acids is 2. The molecule has 0 unspecified atom stereocenters. The van der Waals surface area contributed by atoms with E-state index in [4.69, 9.17) is 4.74 Å². The van der Waals surface area contributed by atoms with Gasteiger partial charge in [0.25, 0.3) is 5.91 Å². The largest absolute Gasteiger partial charge is 0.465 e. The lowest BCUT2D eigenvalue weighted by atomic mass is 9.96. The van der Waals surface area contributed by atoms with E-state index in [9.17, 15) is 18.0 Å². The Hall–Kier alpha value is -2.82.